The first-order valence-electron chi connectivity index (χ1n) is 8.69. The second-order valence-corrected chi connectivity index (χ2v) is 8.26. The summed E-state index contributed by atoms with van der Waals surface area (Å²) in [5, 5.41) is 5.57. The van der Waals surface area contributed by atoms with Gasteiger partial charge in [0.1, 0.15) is 12.4 Å². The Morgan fingerprint density at radius 3 is 2.25 bits per heavy atom. The number of benzene rings is 3. The summed E-state index contributed by atoms with van der Waals surface area (Å²) in [5.74, 6) is 0.578. The van der Waals surface area contributed by atoms with E-state index in [0.717, 1.165) is 16.8 Å². The topological polar surface area (TPSA) is 21.3 Å². The lowest BCUT2D eigenvalue weighted by Gasteiger charge is -2.16. The molecule has 146 valence electrons. The van der Waals surface area contributed by atoms with E-state index in [1.807, 2.05) is 12.1 Å². The van der Waals surface area contributed by atoms with E-state index >= 15 is 0 Å². The van der Waals surface area contributed by atoms with Crippen molar-refractivity contribution in [2.45, 2.75) is 27.0 Å². The summed E-state index contributed by atoms with van der Waals surface area (Å²) < 4.78 is 6.01. The van der Waals surface area contributed by atoms with E-state index in [0.29, 0.717) is 32.4 Å². The van der Waals surface area contributed by atoms with E-state index in [2.05, 4.69) is 37.4 Å². The quantitative estimate of drug-likeness (QED) is 0.406. The van der Waals surface area contributed by atoms with Gasteiger partial charge in [-0.1, -0.05) is 70.2 Å². The molecule has 0 atom stereocenters. The second-order valence-electron chi connectivity index (χ2n) is 6.57. The molecule has 1 N–H and O–H groups in total. The lowest BCUT2D eigenvalue weighted by molar-refractivity contribution is 0.303. The molecule has 0 spiro atoms. The van der Waals surface area contributed by atoms with Gasteiger partial charge in [0.15, 0.2) is 0 Å². The first kappa shape index (κ1) is 21.1. The summed E-state index contributed by atoms with van der Waals surface area (Å²) in [6.45, 7) is 4.93. The van der Waals surface area contributed by atoms with Crippen molar-refractivity contribution in [3.8, 4) is 5.75 Å². The maximum Gasteiger partial charge on any atom is 0.143 e. The zero-order chi connectivity index (χ0) is 20.3. The highest BCUT2D eigenvalue weighted by Gasteiger charge is 2.13. The first-order chi connectivity index (χ1) is 13.3. The summed E-state index contributed by atoms with van der Waals surface area (Å²) in [6, 6.07) is 15.1. The molecule has 0 unspecified atom stereocenters. The molecule has 0 saturated carbocycles. The maximum atomic E-state index is 6.41. The molecule has 3 aromatic rings. The Kier molecular flexibility index (Phi) is 7.00. The molecule has 0 aliphatic rings. The molecular formula is C22H19Cl4NO. The van der Waals surface area contributed by atoms with Crippen LogP contribution in [0.15, 0.2) is 48.5 Å². The zero-order valence-corrected chi connectivity index (χ0v) is 18.5. The van der Waals surface area contributed by atoms with Crippen LogP contribution in [0.1, 0.15) is 22.3 Å². The largest absolute Gasteiger partial charge is 0.487 e. The predicted octanol–water partition coefficient (Wildman–Crippen LogP) is 8.11. The summed E-state index contributed by atoms with van der Waals surface area (Å²) >= 11 is 24.8. The van der Waals surface area contributed by atoms with Crippen LogP contribution in [0, 0.1) is 13.8 Å². The van der Waals surface area contributed by atoms with Gasteiger partial charge in [0, 0.05) is 38.4 Å². The SMILES string of the molecule is Cc1ccc(NCc2cc(Cl)cc(Cl)c2OCc2ccc(Cl)cc2Cl)c(C)c1. The molecule has 0 radical (unpaired) electrons. The molecule has 0 heterocycles. The standard InChI is InChI=1S/C22H19Cl4NO/c1-13-3-6-21(14(2)7-13)27-11-16-8-18(24)10-20(26)22(16)28-12-15-4-5-17(23)9-19(15)25/h3-10,27H,11-12H2,1-2H3. The van der Waals surface area contributed by atoms with Gasteiger partial charge in [-0.3, -0.25) is 0 Å². The van der Waals surface area contributed by atoms with Crippen molar-refractivity contribution in [3.63, 3.8) is 0 Å². The van der Waals surface area contributed by atoms with Crippen LogP contribution in [0.4, 0.5) is 5.69 Å². The summed E-state index contributed by atoms with van der Waals surface area (Å²) in [4.78, 5) is 0. The Labute approximate surface area is 185 Å². The second kappa shape index (κ2) is 9.28. The van der Waals surface area contributed by atoms with Crippen LogP contribution >= 0.6 is 46.4 Å². The van der Waals surface area contributed by atoms with Crippen molar-refractivity contribution < 1.29 is 4.74 Å². The fourth-order valence-corrected chi connectivity index (χ4v) is 3.95. The molecule has 0 saturated heterocycles. The fraction of sp³-hybridized carbons (Fsp3) is 0.182. The molecule has 0 aromatic heterocycles. The van der Waals surface area contributed by atoms with E-state index in [1.165, 1.54) is 11.1 Å². The number of hydrogen-bond acceptors (Lipinski definition) is 2. The molecule has 0 bridgehead atoms. The molecule has 28 heavy (non-hydrogen) atoms. The number of ether oxygens (including phenoxy) is 1. The van der Waals surface area contributed by atoms with E-state index in [9.17, 15) is 0 Å². The predicted molar refractivity (Wildman–Crippen MR) is 120 cm³/mol. The number of rotatable bonds is 6. The van der Waals surface area contributed by atoms with Gasteiger partial charge in [0.05, 0.1) is 5.02 Å². The Morgan fingerprint density at radius 1 is 0.786 bits per heavy atom. The molecule has 6 heteroatoms. The molecule has 0 aliphatic carbocycles. The Morgan fingerprint density at radius 2 is 1.54 bits per heavy atom. The van der Waals surface area contributed by atoms with Crippen LogP contribution < -0.4 is 10.1 Å². The first-order valence-corrected chi connectivity index (χ1v) is 10.2. The van der Waals surface area contributed by atoms with Crippen LogP contribution in [-0.2, 0) is 13.2 Å². The number of nitrogens with one attached hydrogen (secondary N) is 1. The van der Waals surface area contributed by atoms with Crippen LogP contribution in [0.2, 0.25) is 20.1 Å². The highest BCUT2D eigenvalue weighted by Crippen LogP contribution is 2.34. The van der Waals surface area contributed by atoms with Crippen molar-refractivity contribution in [2.75, 3.05) is 5.32 Å². The van der Waals surface area contributed by atoms with Gasteiger partial charge in [0.25, 0.3) is 0 Å². The minimum absolute atomic E-state index is 0.272. The van der Waals surface area contributed by atoms with E-state index in [1.54, 1.807) is 18.2 Å². The highest BCUT2D eigenvalue weighted by atomic mass is 35.5. The van der Waals surface area contributed by atoms with Crippen LogP contribution in [0.25, 0.3) is 0 Å². The molecular weight excluding hydrogens is 436 g/mol. The van der Waals surface area contributed by atoms with Gasteiger partial charge in [-0.15, -0.1) is 0 Å². The molecule has 0 aliphatic heterocycles. The molecule has 3 aromatic carbocycles. The van der Waals surface area contributed by atoms with Crippen molar-refractivity contribution in [1.82, 2.24) is 0 Å². The van der Waals surface area contributed by atoms with Crippen molar-refractivity contribution in [1.29, 1.82) is 0 Å². The van der Waals surface area contributed by atoms with Gasteiger partial charge < -0.3 is 10.1 Å². The van der Waals surface area contributed by atoms with E-state index < -0.39 is 0 Å². The van der Waals surface area contributed by atoms with Crippen molar-refractivity contribution >= 4 is 52.1 Å². The smallest absolute Gasteiger partial charge is 0.143 e. The normalized spacial score (nSPS) is 10.8. The monoisotopic (exact) mass is 453 g/mol. The van der Waals surface area contributed by atoms with E-state index in [-0.39, 0.29) is 6.61 Å². The molecule has 0 fully saturated rings. The lowest BCUT2D eigenvalue weighted by Crippen LogP contribution is -2.05. The number of hydrogen-bond donors (Lipinski definition) is 1. The van der Waals surface area contributed by atoms with Gasteiger partial charge in [-0.2, -0.15) is 0 Å². The van der Waals surface area contributed by atoms with Crippen molar-refractivity contribution in [3.05, 3.63) is 90.9 Å². The van der Waals surface area contributed by atoms with E-state index in [4.69, 9.17) is 51.1 Å². The minimum Gasteiger partial charge on any atom is -0.487 e. The summed E-state index contributed by atoms with van der Waals surface area (Å²) in [5.41, 5.74) is 5.13. The zero-order valence-electron chi connectivity index (χ0n) is 15.5. The Bertz CT molecular complexity index is 1000. The lowest BCUT2D eigenvalue weighted by atomic mass is 10.1. The van der Waals surface area contributed by atoms with Crippen LogP contribution in [0.5, 0.6) is 5.75 Å². The Hall–Kier alpha value is -1.58. The number of halogens is 4. The third-order valence-electron chi connectivity index (χ3n) is 4.32. The minimum atomic E-state index is 0.272. The molecule has 2 nitrogen and oxygen atoms in total. The third kappa shape index (κ3) is 5.27. The number of aryl methyl sites for hydroxylation is 2. The van der Waals surface area contributed by atoms with Crippen LogP contribution in [-0.4, -0.2) is 0 Å². The third-order valence-corrected chi connectivity index (χ3v) is 5.41. The van der Waals surface area contributed by atoms with Gasteiger partial charge in [-0.05, 0) is 49.7 Å². The molecule has 0 amide bonds. The summed E-state index contributed by atoms with van der Waals surface area (Å²) in [7, 11) is 0. The number of anilines is 1. The molecule has 3 rings (SSSR count). The average Bonchev–Trinajstić information content (AvgIpc) is 2.61. The van der Waals surface area contributed by atoms with Crippen LogP contribution in [0.3, 0.4) is 0 Å². The average molecular weight is 455 g/mol. The maximum absolute atomic E-state index is 6.41. The fourth-order valence-electron chi connectivity index (χ4n) is 2.90. The highest BCUT2D eigenvalue weighted by molar-refractivity contribution is 6.36. The Balaban J connectivity index is 1.81. The van der Waals surface area contributed by atoms with Gasteiger partial charge >= 0.3 is 0 Å². The summed E-state index contributed by atoms with van der Waals surface area (Å²) in [6.07, 6.45) is 0. The van der Waals surface area contributed by atoms with Crippen molar-refractivity contribution in [2.24, 2.45) is 0 Å². The van der Waals surface area contributed by atoms with Gasteiger partial charge in [0.2, 0.25) is 0 Å². The van der Waals surface area contributed by atoms with Gasteiger partial charge in [-0.25, -0.2) is 0 Å².